The number of carbonyl (C=O) groups excluding carboxylic acids is 1. The first-order valence-corrected chi connectivity index (χ1v) is 9.97. The van der Waals surface area contributed by atoms with E-state index < -0.39 is 6.04 Å². The summed E-state index contributed by atoms with van der Waals surface area (Å²) >= 11 is 0. The molecule has 3 rings (SSSR count). The zero-order valence-electron chi connectivity index (χ0n) is 17.2. The lowest BCUT2D eigenvalue weighted by atomic mass is 10.00. The Balaban J connectivity index is 1.99. The maximum Gasteiger partial charge on any atom is 0.409 e. The monoisotopic (exact) mass is 400 g/mol. The van der Waals surface area contributed by atoms with Crippen molar-refractivity contribution in [2.45, 2.75) is 33.4 Å². The van der Waals surface area contributed by atoms with Gasteiger partial charge in [-0.15, -0.1) is 0 Å². The summed E-state index contributed by atoms with van der Waals surface area (Å²) in [5.74, 6) is -0.0272. The molecule has 2 aromatic rings. The molecule has 156 valence electrons. The quantitative estimate of drug-likeness (QED) is 0.827. The van der Waals surface area contributed by atoms with Crippen LogP contribution in [0.4, 0.5) is 4.79 Å². The van der Waals surface area contributed by atoms with Crippen LogP contribution in [0.1, 0.15) is 36.8 Å². The van der Waals surface area contributed by atoms with Gasteiger partial charge in [-0.3, -0.25) is 14.7 Å². The zero-order chi connectivity index (χ0) is 21.0. The SMILES string of the molecule is CCOC(=O)N1CCN([C@H](c2ccccn2)c2c(O)cc(C)n(CC)c2=O)CC1. The van der Waals surface area contributed by atoms with Crippen LogP contribution in [0.5, 0.6) is 5.75 Å². The van der Waals surface area contributed by atoms with Gasteiger partial charge in [-0.2, -0.15) is 0 Å². The minimum atomic E-state index is -0.494. The third-order valence-electron chi connectivity index (χ3n) is 5.29. The number of aryl methyl sites for hydroxylation is 1. The molecule has 1 fully saturated rings. The first-order valence-electron chi connectivity index (χ1n) is 9.97. The van der Waals surface area contributed by atoms with E-state index in [0.717, 1.165) is 0 Å². The average molecular weight is 400 g/mol. The number of rotatable bonds is 5. The van der Waals surface area contributed by atoms with Crippen molar-refractivity contribution in [2.75, 3.05) is 32.8 Å². The van der Waals surface area contributed by atoms with E-state index in [1.165, 1.54) is 0 Å². The van der Waals surface area contributed by atoms with E-state index in [0.29, 0.717) is 56.3 Å². The molecule has 0 bridgehead atoms. The van der Waals surface area contributed by atoms with E-state index >= 15 is 0 Å². The van der Waals surface area contributed by atoms with Gasteiger partial charge >= 0.3 is 6.09 Å². The van der Waals surface area contributed by atoms with Gasteiger partial charge in [-0.05, 0) is 39.0 Å². The van der Waals surface area contributed by atoms with Crippen LogP contribution in [-0.4, -0.2) is 63.3 Å². The summed E-state index contributed by atoms with van der Waals surface area (Å²) in [7, 11) is 0. The Morgan fingerprint density at radius 3 is 2.55 bits per heavy atom. The maximum atomic E-state index is 13.2. The number of piperazine rings is 1. The molecule has 1 aliphatic rings. The summed E-state index contributed by atoms with van der Waals surface area (Å²) in [4.78, 5) is 33.5. The molecule has 2 aromatic heterocycles. The van der Waals surface area contributed by atoms with Gasteiger partial charge in [0.2, 0.25) is 0 Å². The fraction of sp³-hybridized carbons (Fsp3) is 0.476. The average Bonchev–Trinajstić information content (AvgIpc) is 2.72. The Bertz CT molecular complexity index is 905. The predicted octanol–water partition coefficient (Wildman–Crippen LogP) is 2.14. The van der Waals surface area contributed by atoms with Crippen molar-refractivity contribution < 1.29 is 14.6 Å². The van der Waals surface area contributed by atoms with Gasteiger partial charge in [0.15, 0.2) is 0 Å². The molecule has 0 unspecified atom stereocenters. The number of nitrogens with zero attached hydrogens (tertiary/aromatic N) is 4. The van der Waals surface area contributed by atoms with Crippen molar-refractivity contribution in [3.05, 3.63) is 57.8 Å². The molecular weight excluding hydrogens is 372 g/mol. The topological polar surface area (TPSA) is 87.9 Å². The van der Waals surface area contributed by atoms with Gasteiger partial charge in [0.25, 0.3) is 5.56 Å². The van der Waals surface area contributed by atoms with Crippen LogP contribution < -0.4 is 5.56 Å². The summed E-state index contributed by atoms with van der Waals surface area (Å²) in [5, 5.41) is 10.7. The molecule has 8 nitrogen and oxygen atoms in total. The highest BCUT2D eigenvalue weighted by Crippen LogP contribution is 2.32. The highest BCUT2D eigenvalue weighted by molar-refractivity contribution is 5.67. The molecule has 8 heteroatoms. The van der Waals surface area contributed by atoms with Crippen molar-refractivity contribution in [1.29, 1.82) is 0 Å². The lowest BCUT2D eigenvalue weighted by Crippen LogP contribution is -2.51. The van der Waals surface area contributed by atoms with Crippen LogP contribution in [-0.2, 0) is 11.3 Å². The van der Waals surface area contributed by atoms with Crippen LogP contribution >= 0.6 is 0 Å². The third-order valence-corrected chi connectivity index (χ3v) is 5.29. The largest absolute Gasteiger partial charge is 0.507 e. The van der Waals surface area contributed by atoms with Crippen molar-refractivity contribution >= 4 is 6.09 Å². The van der Waals surface area contributed by atoms with Gasteiger partial charge in [0.1, 0.15) is 5.75 Å². The van der Waals surface area contributed by atoms with Crippen LogP contribution in [0.3, 0.4) is 0 Å². The van der Waals surface area contributed by atoms with Crippen molar-refractivity contribution in [3.63, 3.8) is 0 Å². The summed E-state index contributed by atoms with van der Waals surface area (Å²) in [5.41, 5.74) is 1.51. The first kappa shape index (κ1) is 20.9. The lowest BCUT2D eigenvalue weighted by molar-refractivity contribution is 0.0704. The number of ether oxygens (including phenoxy) is 1. The Kier molecular flexibility index (Phi) is 6.53. The molecule has 0 aliphatic carbocycles. The molecule has 1 saturated heterocycles. The second-order valence-electron chi connectivity index (χ2n) is 7.01. The standard InChI is InChI=1S/C21H28N4O4/c1-4-25-15(3)14-17(26)18(20(25)27)19(16-8-6-7-9-22-16)23-10-12-24(13-11-23)21(28)29-5-2/h6-9,14,19,26H,4-5,10-13H2,1-3H3/t19-/m1/s1. The molecule has 0 aromatic carbocycles. The van der Waals surface area contributed by atoms with E-state index in [1.54, 1.807) is 28.7 Å². The molecule has 1 atom stereocenters. The van der Waals surface area contributed by atoms with Gasteiger partial charge in [-0.25, -0.2) is 4.79 Å². The molecule has 1 amide bonds. The molecule has 0 saturated carbocycles. The Morgan fingerprint density at radius 2 is 1.97 bits per heavy atom. The fourth-order valence-corrected chi connectivity index (χ4v) is 3.85. The van der Waals surface area contributed by atoms with E-state index in [4.69, 9.17) is 4.74 Å². The third kappa shape index (κ3) is 4.27. The lowest BCUT2D eigenvalue weighted by Gasteiger charge is -2.38. The number of hydrogen-bond donors (Lipinski definition) is 1. The van der Waals surface area contributed by atoms with Crippen LogP contribution in [0.15, 0.2) is 35.3 Å². The molecule has 1 aliphatic heterocycles. The Labute approximate surface area is 170 Å². The second-order valence-corrected chi connectivity index (χ2v) is 7.01. The van der Waals surface area contributed by atoms with Gasteiger partial charge < -0.3 is 19.3 Å². The minimum absolute atomic E-state index is 0.0272. The Morgan fingerprint density at radius 1 is 1.24 bits per heavy atom. The van der Waals surface area contributed by atoms with E-state index in [-0.39, 0.29) is 17.4 Å². The summed E-state index contributed by atoms with van der Waals surface area (Å²) in [6.45, 7) is 8.40. The number of hydrogen-bond acceptors (Lipinski definition) is 6. The van der Waals surface area contributed by atoms with Crippen LogP contribution in [0, 0.1) is 6.92 Å². The molecule has 1 N–H and O–H groups in total. The number of pyridine rings is 2. The number of carbonyl (C=O) groups is 1. The van der Waals surface area contributed by atoms with Crippen molar-refractivity contribution in [3.8, 4) is 5.75 Å². The normalized spacial score (nSPS) is 15.9. The Hall–Kier alpha value is -2.87. The van der Waals surface area contributed by atoms with Gasteiger partial charge in [0, 0.05) is 44.6 Å². The molecule has 29 heavy (non-hydrogen) atoms. The smallest absolute Gasteiger partial charge is 0.409 e. The maximum absolute atomic E-state index is 13.2. The van der Waals surface area contributed by atoms with Crippen LogP contribution in [0.25, 0.3) is 0 Å². The predicted molar refractivity (Wildman–Crippen MR) is 109 cm³/mol. The summed E-state index contributed by atoms with van der Waals surface area (Å²) < 4.78 is 6.74. The zero-order valence-corrected chi connectivity index (χ0v) is 17.2. The highest BCUT2D eigenvalue weighted by Gasteiger charge is 2.33. The fourth-order valence-electron chi connectivity index (χ4n) is 3.85. The van der Waals surface area contributed by atoms with Gasteiger partial charge in [0.05, 0.1) is 23.9 Å². The number of aromatic nitrogens is 2. The summed E-state index contributed by atoms with van der Waals surface area (Å²) in [6.07, 6.45) is 1.36. The van der Waals surface area contributed by atoms with E-state index in [2.05, 4.69) is 9.88 Å². The molecular formula is C21H28N4O4. The molecule has 0 radical (unpaired) electrons. The minimum Gasteiger partial charge on any atom is -0.507 e. The number of aromatic hydroxyl groups is 1. The second kappa shape index (κ2) is 9.09. The molecule has 0 spiro atoms. The van der Waals surface area contributed by atoms with Crippen LogP contribution in [0.2, 0.25) is 0 Å². The van der Waals surface area contributed by atoms with Crippen molar-refractivity contribution in [2.24, 2.45) is 0 Å². The highest BCUT2D eigenvalue weighted by atomic mass is 16.6. The van der Waals surface area contributed by atoms with Crippen molar-refractivity contribution in [1.82, 2.24) is 19.4 Å². The first-order chi connectivity index (χ1) is 14.0. The number of amides is 1. The summed E-state index contributed by atoms with van der Waals surface area (Å²) in [6, 6.07) is 6.68. The van der Waals surface area contributed by atoms with Gasteiger partial charge in [-0.1, -0.05) is 6.07 Å². The van der Waals surface area contributed by atoms with E-state index in [9.17, 15) is 14.7 Å². The van der Waals surface area contributed by atoms with E-state index in [1.807, 2.05) is 32.0 Å². The molecule has 3 heterocycles.